The number of benzene rings is 2. The summed E-state index contributed by atoms with van der Waals surface area (Å²) in [5.74, 6) is 1.17. The third kappa shape index (κ3) is 5.74. The Hall–Kier alpha value is -3.52. The molecule has 0 aliphatic carbocycles. The molecule has 4 aromatic rings. The van der Waals surface area contributed by atoms with E-state index in [1.807, 2.05) is 31.2 Å². The van der Waals surface area contributed by atoms with Crippen molar-refractivity contribution in [2.75, 3.05) is 18.2 Å². The Morgan fingerprint density at radius 1 is 1.27 bits per heavy atom. The minimum atomic E-state index is -0.981. The Bertz CT molecular complexity index is 1560. The van der Waals surface area contributed by atoms with Crippen molar-refractivity contribution in [3.05, 3.63) is 89.1 Å². The van der Waals surface area contributed by atoms with E-state index >= 15 is 0 Å². The van der Waals surface area contributed by atoms with E-state index in [9.17, 15) is 9.18 Å². The molecule has 0 fully saturated rings. The quantitative estimate of drug-likeness (QED) is 0.104. The van der Waals surface area contributed by atoms with E-state index in [-0.39, 0.29) is 34.2 Å². The van der Waals surface area contributed by atoms with Crippen LogP contribution in [0.15, 0.2) is 58.6 Å². The van der Waals surface area contributed by atoms with Crippen LogP contribution in [0.3, 0.4) is 0 Å². The molecule has 0 atom stereocenters. The number of rotatable bonds is 8. The van der Waals surface area contributed by atoms with E-state index in [1.165, 1.54) is 30.1 Å². The summed E-state index contributed by atoms with van der Waals surface area (Å²) in [4.78, 5) is 26.6. The molecular formula is C25H25FIN7O2S. The fraction of sp³-hybridized carbons (Fsp3) is 0.160. The summed E-state index contributed by atoms with van der Waals surface area (Å²) in [6.45, 7) is 3.57. The van der Waals surface area contributed by atoms with Gasteiger partial charge in [-0.2, -0.15) is 0 Å². The van der Waals surface area contributed by atoms with Crippen molar-refractivity contribution in [2.45, 2.75) is 25.4 Å². The molecule has 2 heterocycles. The first-order valence-corrected chi connectivity index (χ1v) is 13.7. The SMILES string of the molecule is COc1cc(F)cc([I-]c2c(N)ncnc2NCc2nc([SH2+])c(C(C)=N)c(=O)n2-c2ccccc2C)c1. The second-order valence-corrected chi connectivity index (χ2v) is 11.3. The Morgan fingerprint density at radius 3 is 2.73 bits per heavy atom. The van der Waals surface area contributed by atoms with Gasteiger partial charge in [-0.25, -0.2) is 0 Å². The molecule has 0 aliphatic heterocycles. The number of aromatic nitrogens is 4. The molecule has 4 rings (SSSR count). The summed E-state index contributed by atoms with van der Waals surface area (Å²) in [7, 11) is 1.48. The predicted octanol–water partition coefficient (Wildman–Crippen LogP) is -0.441. The van der Waals surface area contributed by atoms with Gasteiger partial charge in [0.1, 0.15) is 0 Å². The van der Waals surface area contributed by atoms with Crippen LogP contribution in [-0.4, -0.2) is 32.3 Å². The average molecular weight is 633 g/mol. The van der Waals surface area contributed by atoms with Gasteiger partial charge in [-0.15, -0.1) is 0 Å². The van der Waals surface area contributed by atoms with Gasteiger partial charge in [0.05, 0.1) is 0 Å². The number of para-hydroxylation sites is 1. The van der Waals surface area contributed by atoms with Crippen LogP contribution >= 0.6 is 0 Å². The van der Waals surface area contributed by atoms with Crippen LogP contribution in [0.4, 0.5) is 16.0 Å². The van der Waals surface area contributed by atoms with Crippen molar-refractivity contribution in [2.24, 2.45) is 0 Å². The van der Waals surface area contributed by atoms with Crippen LogP contribution in [-0.2, 0) is 19.2 Å². The van der Waals surface area contributed by atoms with Crippen molar-refractivity contribution >= 4 is 30.0 Å². The molecule has 0 saturated heterocycles. The first kappa shape index (κ1) is 26.5. The zero-order valence-electron chi connectivity index (χ0n) is 20.3. The molecule has 4 N–H and O–H groups in total. The molecule has 0 aliphatic rings. The molecule has 2 aromatic heterocycles. The van der Waals surface area contributed by atoms with Crippen molar-refractivity contribution in [1.29, 1.82) is 5.41 Å². The number of nitrogens with zero attached hydrogens (tertiary/aromatic N) is 4. The zero-order chi connectivity index (χ0) is 26.7. The number of hydrogen-bond acceptors (Lipinski definition) is 8. The standard InChI is InChI=1S/C25H24FIN7O2S/c1-13-6-4-5-7-18(13)34-19(33-24(37)20(14(2)28)25(34)35)11-30-23-21(22(29)31-12-32-23)27-16-8-15(26)9-17(10-16)36-3/h4-10,12,28,37H,11H2,1-3H3,(H3,29,30,31,32)/q-1/p+1. The second kappa shape index (κ2) is 11.3. The monoisotopic (exact) mass is 633 g/mol. The topological polar surface area (TPSA) is 132 Å². The minimum absolute atomic E-state index is 0.102. The summed E-state index contributed by atoms with van der Waals surface area (Å²) >= 11 is 2.44. The Labute approximate surface area is 228 Å². The molecule has 0 spiro atoms. The van der Waals surface area contributed by atoms with Gasteiger partial charge in [-0.3, -0.25) is 0 Å². The molecular weight excluding hydrogens is 608 g/mol. The van der Waals surface area contributed by atoms with Crippen molar-refractivity contribution < 1.29 is 30.3 Å². The van der Waals surface area contributed by atoms with Crippen LogP contribution in [0.25, 0.3) is 5.69 Å². The normalized spacial score (nSPS) is 10.9. The van der Waals surface area contributed by atoms with Crippen molar-refractivity contribution in [1.82, 2.24) is 19.5 Å². The Morgan fingerprint density at radius 2 is 2.03 bits per heavy atom. The zero-order valence-corrected chi connectivity index (χ0v) is 23.4. The van der Waals surface area contributed by atoms with Gasteiger partial charge in [-0.1, -0.05) is 0 Å². The Balaban J connectivity index is 1.75. The number of nitrogen functional groups attached to an aromatic ring is 1. The molecule has 2 aromatic carbocycles. The summed E-state index contributed by atoms with van der Waals surface area (Å²) in [6.07, 6.45) is 1.34. The number of nitrogens with two attached hydrogens (primary N) is 1. The summed E-state index contributed by atoms with van der Waals surface area (Å²) < 4.78 is 22.2. The molecule has 192 valence electrons. The molecule has 37 heavy (non-hydrogen) atoms. The second-order valence-electron chi connectivity index (χ2n) is 7.98. The number of anilines is 2. The van der Waals surface area contributed by atoms with Gasteiger partial charge in [0.25, 0.3) is 0 Å². The third-order valence-corrected chi connectivity index (χ3v) is 8.60. The van der Waals surface area contributed by atoms with E-state index in [2.05, 4.69) is 32.9 Å². The predicted molar refractivity (Wildman–Crippen MR) is 140 cm³/mol. The van der Waals surface area contributed by atoms with Gasteiger partial charge >= 0.3 is 229 Å². The first-order valence-electron chi connectivity index (χ1n) is 11.0. The fourth-order valence-electron chi connectivity index (χ4n) is 3.66. The van der Waals surface area contributed by atoms with E-state index < -0.39 is 27.0 Å². The Kier molecular flexibility index (Phi) is 8.07. The molecule has 0 bridgehead atoms. The van der Waals surface area contributed by atoms with Crippen LogP contribution in [0.5, 0.6) is 5.75 Å². The number of aryl methyl sites for hydroxylation is 1. The molecule has 12 heteroatoms. The van der Waals surface area contributed by atoms with Crippen molar-refractivity contribution in [3.8, 4) is 11.4 Å². The van der Waals surface area contributed by atoms with Gasteiger partial charge in [0, 0.05) is 0 Å². The van der Waals surface area contributed by atoms with E-state index in [4.69, 9.17) is 15.9 Å². The summed E-state index contributed by atoms with van der Waals surface area (Å²) in [6, 6.07) is 12.0. The average Bonchev–Trinajstić information content (AvgIpc) is 2.84. The van der Waals surface area contributed by atoms with E-state index in [1.54, 1.807) is 13.0 Å². The first-order chi connectivity index (χ1) is 17.7. The van der Waals surface area contributed by atoms with Crippen molar-refractivity contribution in [3.63, 3.8) is 0 Å². The number of nitrogens with one attached hydrogen (secondary N) is 2. The van der Waals surface area contributed by atoms with Crippen LogP contribution in [0.1, 0.15) is 23.9 Å². The van der Waals surface area contributed by atoms with E-state index in [0.29, 0.717) is 26.6 Å². The molecule has 9 nitrogen and oxygen atoms in total. The number of halogens is 2. The van der Waals surface area contributed by atoms with Gasteiger partial charge in [0.2, 0.25) is 0 Å². The number of ether oxygens (including phenoxy) is 1. The van der Waals surface area contributed by atoms with Gasteiger partial charge in [0.15, 0.2) is 0 Å². The van der Waals surface area contributed by atoms with Crippen LogP contribution < -0.4 is 42.6 Å². The van der Waals surface area contributed by atoms with E-state index in [0.717, 1.165) is 9.13 Å². The molecule has 0 radical (unpaired) electrons. The fourth-order valence-corrected chi connectivity index (χ4v) is 6.62. The molecule has 0 saturated carbocycles. The van der Waals surface area contributed by atoms with Crippen LogP contribution in [0.2, 0.25) is 0 Å². The number of methoxy groups -OCH3 is 1. The number of hydrogen-bond donors (Lipinski definition) is 3. The maximum absolute atomic E-state index is 14.1. The van der Waals surface area contributed by atoms with Gasteiger partial charge in [-0.05, 0) is 0 Å². The third-order valence-electron chi connectivity index (χ3n) is 5.39. The maximum atomic E-state index is 14.1. The summed E-state index contributed by atoms with van der Waals surface area (Å²) in [5.41, 5.74) is 7.66. The summed E-state index contributed by atoms with van der Waals surface area (Å²) in [5, 5.41) is 11.6. The molecule has 0 unspecified atom stereocenters. The molecule has 0 amide bonds. The van der Waals surface area contributed by atoms with Crippen LogP contribution in [0, 0.1) is 25.3 Å². The van der Waals surface area contributed by atoms with Gasteiger partial charge < -0.3 is 0 Å².